The van der Waals surface area contributed by atoms with Gasteiger partial charge in [0.2, 0.25) is 5.91 Å². The van der Waals surface area contributed by atoms with E-state index in [2.05, 4.69) is 22.3 Å². The lowest BCUT2D eigenvalue weighted by Gasteiger charge is -2.40. The number of esters is 1. The van der Waals surface area contributed by atoms with Crippen LogP contribution in [0.4, 0.5) is 0 Å². The summed E-state index contributed by atoms with van der Waals surface area (Å²) in [6.45, 7) is 5.93. The zero-order valence-electron chi connectivity index (χ0n) is 13.3. The molecule has 1 aromatic rings. The van der Waals surface area contributed by atoms with Crippen molar-refractivity contribution in [1.82, 2.24) is 10.2 Å². The second-order valence-corrected chi connectivity index (χ2v) is 5.75. The number of nitrogens with one attached hydrogen (secondary N) is 1. The maximum Gasteiger partial charge on any atom is 0.331 e. The fourth-order valence-electron chi connectivity index (χ4n) is 2.92. The van der Waals surface area contributed by atoms with Crippen LogP contribution in [-0.4, -0.2) is 42.0 Å². The normalized spacial score (nSPS) is 17.7. The molecule has 5 nitrogen and oxygen atoms in total. The predicted molar refractivity (Wildman–Crippen MR) is 84.1 cm³/mol. The standard InChI is InChI=1S/C17H24N2O3/c1-3-22-16(21)17(18-14(2)20)9-11-19(12-10-17)13-15-7-5-4-6-8-15/h4-8H,3,9-13H2,1-2H3,(H,18,20). The Hall–Kier alpha value is -1.88. The smallest absolute Gasteiger partial charge is 0.331 e. The summed E-state index contributed by atoms with van der Waals surface area (Å²) in [6, 6.07) is 10.3. The summed E-state index contributed by atoms with van der Waals surface area (Å²) in [4.78, 5) is 26.0. The molecule has 1 heterocycles. The van der Waals surface area contributed by atoms with E-state index in [0.717, 1.165) is 19.6 Å². The minimum absolute atomic E-state index is 0.190. The van der Waals surface area contributed by atoms with Crippen molar-refractivity contribution in [3.8, 4) is 0 Å². The van der Waals surface area contributed by atoms with Crippen LogP contribution in [0.15, 0.2) is 30.3 Å². The Kier molecular flexibility index (Phi) is 5.55. The molecule has 1 fully saturated rings. The summed E-state index contributed by atoms with van der Waals surface area (Å²) < 4.78 is 5.17. The molecular weight excluding hydrogens is 280 g/mol. The summed E-state index contributed by atoms with van der Waals surface area (Å²) in [6.07, 6.45) is 1.16. The number of hydrogen-bond acceptors (Lipinski definition) is 4. The van der Waals surface area contributed by atoms with Crippen molar-refractivity contribution < 1.29 is 14.3 Å². The lowest BCUT2D eigenvalue weighted by molar-refractivity contribution is -0.155. The van der Waals surface area contributed by atoms with Crippen LogP contribution in [0.5, 0.6) is 0 Å². The van der Waals surface area contributed by atoms with E-state index in [1.807, 2.05) is 18.2 Å². The maximum absolute atomic E-state index is 12.3. The van der Waals surface area contributed by atoms with Gasteiger partial charge in [-0.25, -0.2) is 4.79 Å². The van der Waals surface area contributed by atoms with E-state index in [0.29, 0.717) is 19.4 Å². The van der Waals surface area contributed by atoms with Crippen LogP contribution in [0.1, 0.15) is 32.3 Å². The molecule has 5 heteroatoms. The summed E-state index contributed by atoms with van der Waals surface area (Å²) in [5.41, 5.74) is 0.389. The Bertz CT molecular complexity index is 508. The lowest BCUT2D eigenvalue weighted by atomic mass is 9.87. The van der Waals surface area contributed by atoms with Gasteiger partial charge >= 0.3 is 5.97 Å². The van der Waals surface area contributed by atoms with Gasteiger partial charge in [-0.2, -0.15) is 0 Å². The fraction of sp³-hybridized carbons (Fsp3) is 0.529. The average Bonchev–Trinajstić information content (AvgIpc) is 2.50. The molecule has 2 rings (SSSR count). The van der Waals surface area contributed by atoms with E-state index in [-0.39, 0.29) is 11.9 Å². The van der Waals surface area contributed by atoms with Crippen LogP contribution < -0.4 is 5.32 Å². The minimum Gasteiger partial charge on any atom is -0.464 e. The summed E-state index contributed by atoms with van der Waals surface area (Å²) in [5, 5.41) is 2.82. The molecule has 1 N–H and O–H groups in total. The van der Waals surface area contributed by atoms with Crippen molar-refractivity contribution in [2.24, 2.45) is 0 Å². The number of nitrogens with zero attached hydrogens (tertiary/aromatic N) is 1. The van der Waals surface area contributed by atoms with Gasteiger partial charge in [-0.05, 0) is 25.3 Å². The predicted octanol–water partition coefficient (Wildman–Crippen LogP) is 1.72. The first-order valence-electron chi connectivity index (χ1n) is 7.78. The average molecular weight is 304 g/mol. The summed E-state index contributed by atoms with van der Waals surface area (Å²) in [5.74, 6) is -0.505. The van der Waals surface area contributed by atoms with Crippen LogP contribution in [0, 0.1) is 0 Å². The Morgan fingerprint density at radius 2 is 1.86 bits per heavy atom. The third-order valence-corrected chi connectivity index (χ3v) is 4.04. The molecule has 1 aliphatic heterocycles. The summed E-state index contributed by atoms with van der Waals surface area (Å²) in [7, 11) is 0. The van der Waals surface area contributed by atoms with Gasteiger partial charge in [0.25, 0.3) is 0 Å². The molecule has 0 saturated carbocycles. The molecule has 1 aliphatic rings. The number of likely N-dealkylation sites (tertiary alicyclic amines) is 1. The first kappa shape index (κ1) is 16.5. The number of benzene rings is 1. The molecule has 0 aromatic heterocycles. The van der Waals surface area contributed by atoms with Gasteiger partial charge < -0.3 is 10.1 Å². The van der Waals surface area contributed by atoms with Crippen molar-refractivity contribution in [2.45, 2.75) is 38.8 Å². The first-order chi connectivity index (χ1) is 10.6. The van der Waals surface area contributed by atoms with Crippen LogP contribution in [0.25, 0.3) is 0 Å². The largest absolute Gasteiger partial charge is 0.464 e. The summed E-state index contributed by atoms with van der Waals surface area (Å²) >= 11 is 0. The molecule has 0 unspecified atom stereocenters. The Morgan fingerprint density at radius 3 is 2.41 bits per heavy atom. The van der Waals surface area contributed by atoms with Crippen LogP contribution in [-0.2, 0) is 20.9 Å². The molecule has 0 aliphatic carbocycles. The van der Waals surface area contributed by atoms with E-state index in [1.165, 1.54) is 12.5 Å². The number of amides is 1. The highest BCUT2D eigenvalue weighted by Crippen LogP contribution is 2.25. The number of ether oxygens (including phenoxy) is 1. The Balaban J connectivity index is 1.99. The molecule has 1 amide bonds. The number of hydrogen-bond donors (Lipinski definition) is 1. The highest BCUT2D eigenvalue weighted by atomic mass is 16.5. The molecule has 22 heavy (non-hydrogen) atoms. The van der Waals surface area contributed by atoms with Crippen molar-refractivity contribution >= 4 is 11.9 Å². The Labute approximate surface area is 131 Å². The minimum atomic E-state index is -0.866. The van der Waals surface area contributed by atoms with Crippen LogP contribution in [0.3, 0.4) is 0 Å². The zero-order valence-corrected chi connectivity index (χ0v) is 13.3. The maximum atomic E-state index is 12.3. The van der Waals surface area contributed by atoms with Gasteiger partial charge in [-0.15, -0.1) is 0 Å². The van der Waals surface area contributed by atoms with E-state index in [1.54, 1.807) is 6.92 Å². The van der Waals surface area contributed by atoms with Crippen LogP contribution in [0.2, 0.25) is 0 Å². The number of rotatable bonds is 5. The second-order valence-electron chi connectivity index (χ2n) is 5.75. The van der Waals surface area contributed by atoms with E-state index in [4.69, 9.17) is 4.74 Å². The molecule has 0 spiro atoms. The van der Waals surface area contributed by atoms with Gasteiger partial charge in [0.05, 0.1) is 6.61 Å². The monoisotopic (exact) mass is 304 g/mol. The van der Waals surface area contributed by atoms with Gasteiger partial charge in [0.1, 0.15) is 5.54 Å². The van der Waals surface area contributed by atoms with Crippen molar-refractivity contribution in [1.29, 1.82) is 0 Å². The topological polar surface area (TPSA) is 58.6 Å². The van der Waals surface area contributed by atoms with Crippen LogP contribution >= 0.6 is 0 Å². The third-order valence-electron chi connectivity index (χ3n) is 4.04. The lowest BCUT2D eigenvalue weighted by Crippen LogP contribution is -2.60. The number of carbonyl (C=O) groups is 2. The van der Waals surface area contributed by atoms with Gasteiger partial charge in [0.15, 0.2) is 0 Å². The Morgan fingerprint density at radius 1 is 1.23 bits per heavy atom. The molecule has 1 aromatic carbocycles. The molecular formula is C17H24N2O3. The quantitative estimate of drug-likeness (QED) is 0.842. The SMILES string of the molecule is CCOC(=O)C1(NC(C)=O)CCN(Cc2ccccc2)CC1. The third kappa shape index (κ3) is 4.07. The van der Waals surface area contributed by atoms with Crippen molar-refractivity contribution in [2.75, 3.05) is 19.7 Å². The molecule has 0 radical (unpaired) electrons. The van der Waals surface area contributed by atoms with Gasteiger partial charge in [-0.1, -0.05) is 30.3 Å². The van der Waals surface area contributed by atoms with Gasteiger partial charge in [-0.3, -0.25) is 9.69 Å². The number of piperidine rings is 1. The zero-order chi connectivity index (χ0) is 16.0. The molecule has 0 atom stereocenters. The van der Waals surface area contributed by atoms with Crippen molar-refractivity contribution in [3.63, 3.8) is 0 Å². The first-order valence-corrected chi connectivity index (χ1v) is 7.78. The second kappa shape index (κ2) is 7.40. The van der Waals surface area contributed by atoms with Crippen molar-refractivity contribution in [3.05, 3.63) is 35.9 Å². The van der Waals surface area contributed by atoms with E-state index < -0.39 is 5.54 Å². The molecule has 0 bridgehead atoms. The molecule has 1 saturated heterocycles. The van der Waals surface area contributed by atoms with Gasteiger partial charge in [0, 0.05) is 26.6 Å². The highest BCUT2D eigenvalue weighted by molar-refractivity contribution is 5.87. The fourth-order valence-corrected chi connectivity index (χ4v) is 2.92. The number of carbonyl (C=O) groups excluding carboxylic acids is 2. The van der Waals surface area contributed by atoms with E-state index in [9.17, 15) is 9.59 Å². The molecule has 120 valence electrons. The van der Waals surface area contributed by atoms with E-state index >= 15 is 0 Å². The highest BCUT2D eigenvalue weighted by Gasteiger charge is 2.43.